The quantitative estimate of drug-likeness (QED) is 0.577. The number of ether oxygens (including phenoxy) is 4. The van der Waals surface area contributed by atoms with Crippen molar-refractivity contribution in [2.75, 3.05) is 20.8 Å². The maximum Gasteiger partial charge on any atom is 0.351 e. The fourth-order valence-corrected chi connectivity index (χ4v) is 1.73. The second-order valence-corrected chi connectivity index (χ2v) is 4.05. The van der Waals surface area contributed by atoms with Crippen molar-refractivity contribution in [2.45, 2.75) is 12.6 Å². The van der Waals surface area contributed by atoms with Crippen LogP contribution in [-0.2, 0) is 30.3 Å². The number of esters is 1. The summed E-state index contributed by atoms with van der Waals surface area (Å²) in [4.78, 5) is 11.6. The van der Waals surface area contributed by atoms with E-state index in [1.165, 1.54) is 20.3 Å². The van der Waals surface area contributed by atoms with Crippen molar-refractivity contribution in [2.24, 2.45) is 0 Å². The number of cyclic esters (lactones) is 1. The highest BCUT2D eigenvalue weighted by molar-refractivity contribution is 5.91. The van der Waals surface area contributed by atoms with Crippen molar-refractivity contribution >= 4 is 5.97 Å². The second-order valence-electron chi connectivity index (χ2n) is 4.05. The van der Waals surface area contributed by atoms with Crippen molar-refractivity contribution in [1.82, 2.24) is 0 Å². The molecule has 0 spiro atoms. The largest absolute Gasteiger partial charge is 0.401 e. The molecule has 0 saturated heterocycles. The Morgan fingerprint density at radius 1 is 1.11 bits per heavy atom. The van der Waals surface area contributed by atoms with Gasteiger partial charge in [-0.05, 0) is 5.56 Å². The molecule has 1 aliphatic rings. The van der Waals surface area contributed by atoms with Crippen LogP contribution in [0, 0.1) is 0 Å². The highest BCUT2D eigenvalue weighted by Crippen LogP contribution is 2.26. The van der Waals surface area contributed by atoms with Crippen LogP contribution in [0.2, 0.25) is 0 Å². The van der Waals surface area contributed by atoms with Crippen LogP contribution < -0.4 is 0 Å². The van der Waals surface area contributed by atoms with E-state index in [4.69, 9.17) is 18.9 Å². The molecule has 0 radical (unpaired) electrons. The first-order valence-electron chi connectivity index (χ1n) is 5.86. The smallest absolute Gasteiger partial charge is 0.351 e. The van der Waals surface area contributed by atoms with Crippen molar-refractivity contribution in [3.8, 4) is 0 Å². The van der Waals surface area contributed by atoms with Gasteiger partial charge in [0.25, 0.3) is 0 Å². The Kier molecular flexibility index (Phi) is 4.31. The molecule has 1 aliphatic heterocycles. The molecule has 1 aromatic carbocycles. The summed E-state index contributed by atoms with van der Waals surface area (Å²) in [6.45, 7) is 0.584. The van der Waals surface area contributed by atoms with Crippen LogP contribution in [0.4, 0.5) is 0 Å². The van der Waals surface area contributed by atoms with Crippen LogP contribution in [0.15, 0.2) is 42.0 Å². The van der Waals surface area contributed by atoms with Gasteiger partial charge in [-0.3, -0.25) is 0 Å². The number of benzene rings is 1. The molecule has 0 aliphatic carbocycles. The number of carbonyl (C=O) groups is 1. The fraction of sp³-hybridized carbons (Fsp3) is 0.357. The number of carbonyl (C=O) groups excluding carboxylic acids is 1. The standard InChI is InChI=1S/C14H16O5/c1-16-14(17-2)8-12(13(15)19-14)10-18-9-11-6-4-3-5-7-11/h3-8H,9-10H2,1-2H3. The Morgan fingerprint density at radius 3 is 2.37 bits per heavy atom. The zero-order valence-electron chi connectivity index (χ0n) is 10.9. The van der Waals surface area contributed by atoms with Crippen LogP contribution >= 0.6 is 0 Å². The minimum atomic E-state index is -1.41. The third-order valence-electron chi connectivity index (χ3n) is 2.79. The first-order valence-corrected chi connectivity index (χ1v) is 5.86. The first kappa shape index (κ1) is 13.7. The molecular weight excluding hydrogens is 248 g/mol. The van der Waals surface area contributed by atoms with Gasteiger partial charge in [0.1, 0.15) is 0 Å². The second kappa shape index (κ2) is 5.97. The van der Waals surface area contributed by atoms with E-state index in [1.807, 2.05) is 30.3 Å². The van der Waals surface area contributed by atoms with Crippen LogP contribution in [0.5, 0.6) is 0 Å². The molecule has 0 unspecified atom stereocenters. The predicted molar refractivity (Wildman–Crippen MR) is 67.0 cm³/mol. The number of hydrogen-bond donors (Lipinski definition) is 0. The lowest BCUT2D eigenvalue weighted by Gasteiger charge is -2.21. The molecular formula is C14H16O5. The van der Waals surface area contributed by atoms with Gasteiger partial charge in [0.15, 0.2) is 0 Å². The molecule has 0 aromatic heterocycles. The molecule has 1 heterocycles. The average molecular weight is 264 g/mol. The maximum absolute atomic E-state index is 11.6. The Hall–Kier alpha value is -1.69. The van der Waals surface area contributed by atoms with Crippen molar-refractivity contribution in [3.63, 3.8) is 0 Å². The lowest BCUT2D eigenvalue weighted by atomic mass is 10.2. The van der Waals surface area contributed by atoms with Crippen LogP contribution in [0.3, 0.4) is 0 Å². The van der Waals surface area contributed by atoms with E-state index in [2.05, 4.69) is 0 Å². The van der Waals surface area contributed by atoms with Gasteiger partial charge < -0.3 is 18.9 Å². The molecule has 0 amide bonds. The fourth-order valence-electron chi connectivity index (χ4n) is 1.73. The third-order valence-corrected chi connectivity index (χ3v) is 2.79. The number of methoxy groups -OCH3 is 2. The van der Waals surface area contributed by atoms with Gasteiger partial charge in [-0.25, -0.2) is 4.79 Å². The summed E-state index contributed by atoms with van der Waals surface area (Å²) in [5.74, 6) is -1.90. The SMILES string of the molecule is COC1(OC)C=C(COCc2ccccc2)C(=O)O1. The summed E-state index contributed by atoms with van der Waals surface area (Å²) < 4.78 is 20.5. The molecule has 0 N–H and O–H groups in total. The molecule has 0 fully saturated rings. The highest BCUT2D eigenvalue weighted by Gasteiger charge is 2.41. The van der Waals surface area contributed by atoms with Crippen molar-refractivity contribution in [1.29, 1.82) is 0 Å². The molecule has 2 rings (SSSR count). The Balaban J connectivity index is 1.91. The van der Waals surface area contributed by atoms with E-state index < -0.39 is 11.9 Å². The van der Waals surface area contributed by atoms with E-state index >= 15 is 0 Å². The van der Waals surface area contributed by atoms with E-state index in [1.54, 1.807) is 0 Å². The molecule has 0 saturated carbocycles. The van der Waals surface area contributed by atoms with Gasteiger partial charge in [0, 0.05) is 20.3 Å². The Morgan fingerprint density at radius 2 is 1.79 bits per heavy atom. The van der Waals surface area contributed by atoms with Crippen molar-refractivity contribution in [3.05, 3.63) is 47.5 Å². The average Bonchev–Trinajstić information content (AvgIpc) is 2.78. The van der Waals surface area contributed by atoms with Crippen LogP contribution in [0.25, 0.3) is 0 Å². The van der Waals surface area contributed by atoms with Gasteiger partial charge >= 0.3 is 11.9 Å². The molecule has 5 heteroatoms. The Bertz CT molecular complexity index is 462. The minimum Gasteiger partial charge on any atom is -0.401 e. The lowest BCUT2D eigenvalue weighted by molar-refractivity contribution is -0.304. The Labute approximate surface area is 111 Å². The van der Waals surface area contributed by atoms with Crippen molar-refractivity contribution < 1.29 is 23.7 Å². The van der Waals surface area contributed by atoms with Gasteiger partial charge in [0.05, 0.1) is 18.8 Å². The lowest BCUT2D eigenvalue weighted by Crippen LogP contribution is -2.32. The van der Waals surface area contributed by atoms with Gasteiger partial charge in [-0.15, -0.1) is 0 Å². The van der Waals surface area contributed by atoms with E-state index in [9.17, 15) is 4.79 Å². The molecule has 0 bridgehead atoms. The zero-order valence-corrected chi connectivity index (χ0v) is 10.9. The van der Waals surface area contributed by atoms with E-state index in [0.29, 0.717) is 12.2 Å². The summed E-state index contributed by atoms with van der Waals surface area (Å²) in [5, 5.41) is 0. The van der Waals surface area contributed by atoms with Gasteiger partial charge in [-0.2, -0.15) is 0 Å². The molecule has 0 atom stereocenters. The van der Waals surface area contributed by atoms with E-state index in [-0.39, 0.29) is 6.61 Å². The normalized spacial score (nSPS) is 17.2. The summed E-state index contributed by atoms with van der Waals surface area (Å²) >= 11 is 0. The van der Waals surface area contributed by atoms with Gasteiger partial charge in [-0.1, -0.05) is 30.3 Å². The monoisotopic (exact) mass is 264 g/mol. The third kappa shape index (κ3) is 3.20. The zero-order chi connectivity index (χ0) is 13.7. The number of rotatable bonds is 6. The van der Waals surface area contributed by atoms with Crippen LogP contribution in [-0.4, -0.2) is 32.8 Å². The van der Waals surface area contributed by atoms with Gasteiger partial charge in [0.2, 0.25) is 0 Å². The molecule has 1 aromatic rings. The predicted octanol–water partition coefficient (Wildman–Crippen LogP) is 1.63. The first-order chi connectivity index (χ1) is 9.19. The summed E-state index contributed by atoms with van der Waals surface area (Å²) in [6.07, 6.45) is 1.49. The summed E-state index contributed by atoms with van der Waals surface area (Å²) in [7, 11) is 2.81. The minimum absolute atomic E-state index is 0.155. The topological polar surface area (TPSA) is 54.0 Å². The van der Waals surface area contributed by atoms with Crippen LogP contribution in [0.1, 0.15) is 5.56 Å². The van der Waals surface area contributed by atoms with E-state index in [0.717, 1.165) is 5.56 Å². The highest BCUT2D eigenvalue weighted by atomic mass is 16.9. The summed E-state index contributed by atoms with van der Waals surface area (Å²) in [6, 6.07) is 9.71. The maximum atomic E-state index is 11.6. The molecule has 19 heavy (non-hydrogen) atoms. The summed E-state index contributed by atoms with van der Waals surface area (Å²) in [5.41, 5.74) is 1.43. The molecule has 5 nitrogen and oxygen atoms in total. The molecule has 102 valence electrons. The number of hydrogen-bond acceptors (Lipinski definition) is 5.